The molecule has 0 aliphatic heterocycles. The van der Waals surface area contributed by atoms with Crippen molar-refractivity contribution in [2.24, 2.45) is 0 Å². The van der Waals surface area contributed by atoms with Gasteiger partial charge in [0.2, 0.25) is 5.91 Å². The molecule has 1 aromatic rings. The van der Waals surface area contributed by atoms with Gasteiger partial charge in [0.05, 0.1) is 11.5 Å². The van der Waals surface area contributed by atoms with Crippen LogP contribution < -0.4 is 5.48 Å². The highest BCUT2D eigenvalue weighted by atomic mass is 32.1. The SMILES string of the molecule is CCONC(=O)CCC(=O)c1ccc(C)s1. The molecule has 5 heteroatoms. The number of amides is 1. The summed E-state index contributed by atoms with van der Waals surface area (Å²) in [5.41, 5.74) is 2.26. The summed E-state index contributed by atoms with van der Waals surface area (Å²) in [7, 11) is 0. The van der Waals surface area contributed by atoms with E-state index in [0.717, 1.165) is 4.88 Å². The number of carbonyl (C=O) groups is 2. The van der Waals surface area contributed by atoms with Gasteiger partial charge in [-0.25, -0.2) is 5.48 Å². The lowest BCUT2D eigenvalue weighted by Gasteiger charge is -2.02. The zero-order valence-electron chi connectivity index (χ0n) is 9.41. The molecule has 0 fully saturated rings. The molecule has 0 aliphatic rings. The Morgan fingerprint density at radius 1 is 1.38 bits per heavy atom. The molecule has 4 nitrogen and oxygen atoms in total. The van der Waals surface area contributed by atoms with E-state index >= 15 is 0 Å². The molecule has 0 aliphatic carbocycles. The molecule has 0 bridgehead atoms. The van der Waals surface area contributed by atoms with Crippen LogP contribution in [0.15, 0.2) is 12.1 Å². The first kappa shape index (κ1) is 12.9. The van der Waals surface area contributed by atoms with E-state index in [1.165, 1.54) is 11.3 Å². The third-order valence-electron chi connectivity index (χ3n) is 1.92. The summed E-state index contributed by atoms with van der Waals surface area (Å²) in [6.45, 7) is 4.15. The molecule has 0 unspecified atom stereocenters. The normalized spacial score (nSPS) is 10.1. The highest BCUT2D eigenvalue weighted by Gasteiger charge is 2.10. The van der Waals surface area contributed by atoms with Gasteiger partial charge in [-0.15, -0.1) is 11.3 Å². The standard InChI is InChI=1S/C11H15NO3S/c1-3-15-12-11(14)7-5-9(13)10-6-4-8(2)16-10/h4,6H,3,5,7H2,1-2H3,(H,12,14). The fourth-order valence-corrected chi connectivity index (χ4v) is 1.97. The Kier molecular flexibility index (Phi) is 5.14. The first-order chi connectivity index (χ1) is 7.63. The van der Waals surface area contributed by atoms with Crippen LogP contribution in [0.3, 0.4) is 0 Å². The second-order valence-electron chi connectivity index (χ2n) is 3.29. The largest absolute Gasteiger partial charge is 0.293 e. The van der Waals surface area contributed by atoms with E-state index in [1.54, 1.807) is 13.0 Å². The molecule has 0 saturated heterocycles. The van der Waals surface area contributed by atoms with Gasteiger partial charge in [-0.3, -0.25) is 14.4 Å². The molecule has 0 atom stereocenters. The lowest BCUT2D eigenvalue weighted by Crippen LogP contribution is -2.23. The summed E-state index contributed by atoms with van der Waals surface area (Å²) in [6.07, 6.45) is 0.384. The minimum Gasteiger partial charge on any atom is -0.293 e. The van der Waals surface area contributed by atoms with Gasteiger partial charge in [0.25, 0.3) is 0 Å². The van der Waals surface area contributed by atoms with Crippen LogP contribution in [0, 0.1) is 6.92 Å². The van der Waals surface area contributed by atoms with E-state index in [-0.39, 0.29) is 24.5 Å². The molecule has 1 amide bonds. The quantitative estimate of drug-likeness (QED) is 0.613. The lowest BCUT2D eigenvalue weighted by atomic mass is 10.2. The van der Waals surface area contributed by atoms with Gasteiger partial charge in [0, 0.05) is 17.7 Å². The van der Waals surface area contributed by atoms with Crippen molar-refractivity contribution in [2.45, 2.75) is 26.7 Å². The Morgan fingerprint density at radius 3 is 2.69 bits per heavy atom. The number of Topliss-reactive ketones (excluding diaryl/α,β-unsaturated/α-hetero) is 1. The van der Waals surface area contributed by atoms with Crippen molar-refractivity contribution in [3.05, 3.63) is 21.9 Å². The molecule has 1 N–H and O–H groups in total. The zero-order chi connectivity index (χ0) is 12.0. The maximum atomic E-state index is 11.6. The number of thiophene rings is 1. The van der Waals surface area contributed by atoms with Crippen LogP contribution in [0.5, 0.6) is 0 Å². The predicted molar refractivity (Wildman–Crippen MR) is 62.4 cm³/mol. The minimum atomic E-state index is -0.261. The van der Waals surface area contributed by atoms with Crippen LogP contribution in [-0.4, -0.2) is 18.3 Å². The summed E-state index contributed by atoms with van der Waals surface area (Å²) in [4.78, 5) is 29.3. The Bertz CT molecular complexity index is 373. The molecule has 1 rings (SSSR count). The number of ketones is 1. The number of hydrogen-bond acceptors (Lipinski definition) is 4. The molecule has 0 spiro atoms. The van der Waals surface area contributed by atoms with Crippen molar-refractivity contribution >= 4 is 23.0 Å². The van der Waals surface area contributed by atoms with Gasteiger partial charge in [-0.2, -0.15) is 0 Å². The molecule has 88 valence electrons. The van der Waals surface area contributed by atoms with E-state index in [4.69, 9.17) is 4.84 Å². The number of rotatable bonds is 6. The first-order valence-electron chi connectivity index (χ1n) is 5.13. The summed E-state index contributed by atoms with van der Waals surface area (Å²) in [6, 6.07) is 3.70. The third kappa shape index (κ3) is 4.12. The van der Waals surface area contributed by atoms with Crippen LogP contribution in [0.2, 0.25) is 0 Å². The average Bonchev–Trinajstić information content (AvgIpc) is 2.69. The van der Waals surface area contributed by atoms with Gasteiger partial charge in [0.15, 0.2) is 5.78 Å². The molecule has 0 radical (unpaired) electrons. The summed E-state index contributed by atoms with van der Waals surface area (Å²) in [5, 5.41) is 0. The summed E-state index contributed by atoms with van der Waals surface area (Å²) < 4.78 is 0. The fourth-order valence-electron chi connectivity index (χ4n) is 1.14. The van der Waals surface area contributed by atoms with Gasteiger partial charge < -0.3 is 0 Å². The monoisotopic (exact) mass is 241 g/mol. The zero-order valence-corrected chi connectivity index (χ0v) is 10.2. The van der Waals surface area contributed by atoms with Crippen molar-refractivity contribution in [1.29, 1.82) is 0 Å². The number of nitrogens with one attached hydrogen (secondary N) is 1. The van der Waals surface area contributed by atoms with Crippen LogP contribution in [0.25, 0.3) is 0 Å². The van der Waals surface area contributed by atoms with Crippen LogP contribution in [0.4, 0.5) is 0 Å². The fraction of sp³-hybridized carbons (Fsp3) is 0.455. The second-order valence-corrected chi connectivity index (χ2v) is 4.58. The van der Waals surface area contributed by atoms with E-state index in [0.29, 0.717) is 11.5 Å². The smallest absolute Gasteiger partial charge is 0.243 e. The highest BCUT2D eigenvalue weighted by Crippen LogP contribution is 2.17. The number of aryl methyl sites for hydroxylation is 1. The van der Waals surface area contributed by atoms with Gasteiger partial charge in [0.1, 0.15) is 0 Å². The predicted octanol–water partition coefficient (Wildman–Crippen LogP) is 2.09. The maximum absolute atomic E-state index is 11.6. The lowest BCUT2D eigenvalue weighted by molar-refractivity contribution is -0.133. The van der Waals surface area contributed by atoms with Crippen molar-refractivity contribution in [2.75, 3.05) is 6.61 Å². The van der Waals surface area contributed by atoms with E-state index in [9.17, 15) is 9.59 Å². The number of hydrogen-bond donors (Lipinski definition) is 1. The molecule has 1 aromatic heterocycles. The minimum absolute atomic E-state index is 0.00440. The van der Waals surface area contributed by atoms with Crippen LogP contribution >= 0.6 is 11.3 Å². The van der Waals surface area contributed by atoms with Crippen LogP contribution in [-0.2, 0) is 9.63 Å². The topological polar surface area (TPSA) is 55.4 Å². The molecular weight excluding hydrogens is 226 g/mol. The summed E-state index contributed by atoms with van der Waals surface area (Å²) in [5.74, 6) is -0.256. The Labute approximate surface area is 98.6 Å². The Hall–Kier alpha value is -1.20. The van der Waals surface area contributed by atoms with Crippen molar-refractivity contribution in [3.63, 3.8) is 0 Å². The average molecular weight is 241 g/mol. The van der Waals surface area contributed by atoms with E-state index < -0.39 is 0 Å². The third-order valence-corrected chi connectivity index (χ3v) is 2.97. The summed E-state index contributed by atoms with van der Waals surface area (Å²) >= 11 is 1.45. The molecule has 0 aromatic carbocycles. The highest BCUT2D eigenvalue weighted by molar-refractivity contribution is 7.14. The maximum Gasteiger partial charge on any atom is 0.243 e. The second kappa shape index (κ2) is 6.40. The van der Waals surface area contributed by atoms with Crippen molar-refractivity contribution < 1.29 is 14.4 Å². The van der Waals surface area contributed by atoms with E-state index in [2.05, 4.69) is 5.48 Å². The van der Waals surface area contributed by atoms with Gasteiger partial charge in [-0.05, 0) is 26.0 Å². The first-order valence-corrected chi connectivity index (χ1v) is 5.95. The molecule has 0 saturated carbocycles. The van der Waals surface area contributed by atoms with Crippen LogP contribution in [0.1, 0.15) is 34.3 Å². The number of hydroxylamine groups is 1. The Morgan fingerprint density at radius 2 is 2.12 bits per heavy atom. The van der Waals surface area contributed by atoms with Crippen molar-refractivity contribution in [3.8, 4) is 0 Å². The molecule has 1 heterocycles. The van der Waals surface area contributed by atoms with E-state index in [1.807, 2.05) is 13.0 Å². The molecular formula is C11H15NO3S. The van der Waals surface area contributed by atoms with Gasteiger partial charge in [-0.1, -0.05) is 0 Å². The number of carbonyl (C=O) groups excluding carboxylic acids is 2. The molecule has 16 heavy (non-hydrogen) atoms. The van der Waals surface area contributed by atoms with Crippen molar-refractivity contribution in [1.82, 2.24) is 5.48 Å². The Balaban J connectivity index is 2.33. The van der Waals surface area contributed by atoms with Gasteiger partial charge >= 0.3 is 0 Å².